The molecule has 0 fully saturated rings. The molecule has 1 aromatic heterocycles. The first-order chi connectivity index (χ1) is 5.54. The van der Waals surface area contributed by atoms with Crippen molar-refractivity contribution in [1.82, 2.24) is 9.97 Å². The Balaban J connectivity index is 3.09. The van der Waals surface area contributed by atoms with Gasteiger partial charge in [-0.3, -0.25) is 0 Å². The molecule has 12 heavy (non-hydrogen) atoms. The van der Waals surface area contributed by atoms with Crippen molar-refractivity contribution in [2.24, 2.45) is 0 Å². The van der Waals surface area contributed by atoms with Crippen molar-refractivity contribution in [2.75, 3.05) is 6.26 Å². The Bertz CT molecular complexity index is 355. The van der Waals surface area contributed by atoms with Crippen LogP contribution in [0.4, 0.5) is 0 Å². The first kappa shape index (κ1) is 9.12. The smallest absolute Gasteiger partial charge is 0.178 e. The van der Waals surface area contributed by atoms with Gasteiger partial charge in [-0.25, -0.2) is 18.4 Å². The van der Waals surface area contributed by atoms with Crippen molar-refractivity contribution in [3.05, 3.63) is 18.2 Å². The summed E-state index contributed by atoms with van der Waals surface area (Å²) in [5, 5.41) is 0. The molecule has 0 aromatic carbocycles. The van der Waals surface area contributed by atoms with E-state index in [9.17, 15) is 8.42 Å². The highest BCUT2D eigenvalue weighted by molar-refractivity contribution is 7.90. The Hall–Kier alpha value is -0.970. The van der Waals surface area contributed by atoms with Crippen LogP contribution in [0.25, 0.3) is 0 Å². The maximum absolute atomic E-state index is 11.0. The Labute approximate surface area is 71.6 Å². The van der Waals surface area contributed by atoms with Crippen molar-refractivity contribution >= 4 is 9.84 Å². The molecule has 4 nitrogen and oxygen atoms in total. The summed E-state index contributed by atoms with van der Waals surface area (Å²) >= 11 is 0. The number of hydrogen-bond acceptors (Lipinski definition) is 4. The average molecular weight is 186 g/mol. The summed E-state index contributed by atoms with van der Waals surface area (Å²) in [7, 11) is -3.15. The third-order valence-corrected chi connectivity index (χ3v) is 2.49. The lowest BCUT2D eigenvalue weighted by Crippen LogP contribution is -2.00. The summed E-state index contributed by atoms with van der Waals surface area (Å²) in [6.07, 6.45) is 4.52. The minimum atomic E-state index is -3.15. The molecule has 0 aliphatic rings. The van der Waals surface area contributed by atoms with Gasteiger partial charge in [0, 0.05) is 25.1 Å². The van der Waals surface area contributed by atoms with Gasteiger partial charge in [0.25, 0.3) is 0 Å². The van der Waals surface area contributed by atoms with Crippen LogP contribution in [-0.2, 0) is 16.3 Å². The number of aryl methyl sites for hydroxylation is 1. The van der Waals surface area contributed by atoms with Gasteiger partial charge in [0.1, 0.15) is 10.7 Å². The van der Waals surface area contributed by atoms with E-state index in [4.69, 9.17) is 0 Å². The molecule has 0 aliphatic heterocycles. The Morgan fingerprint density at radius 3 is 2.17 bits per heavy atom. The summed E-state index contributed by atoms with van der Waals surface area (Å²) in [5.41, 5.74) is 0. The van der Waals surface area contributed by atoms with Gasteiger partial charge in [0.15, 0.2) is 9.84 Å². The largest absolute Gasteiger partial charge is 0.240 e. The van der Waals surface area contributed by atoms with Gasteiger partial charge in [0.05, 0.1) is 0 Å². The quantitative estimate of drug-likeness (QED) is 0.672. The highest BCUT2D eigenvalue weighted by Gasteiger charge is 2.06. The van der Waals surface area contributed by atoms with E-state index in [1.165, 1.54) is 12.4 Å². The molecule has 1 aromatic rings. The fourth-order valence-electron chi connectivity index (χ4n) is 0.717. The molecule has 0 amide bonds. The van der Waals surface area contributed by atoms with Crippen molar-refractivity contribution in [3.8, 4) is 0 Å². The van der Waals surface area contributed by atoms with Crippen molar-refractivity contribution < 1.29 is 8.42 Å². The van der Waals surface area contributed by atoms with Crippen LogP contribution >= 0.6 is 0 Å². The topological polar surface area (TPSA) is 59.9 Å². The average Bonchev–Trinajstić information content (AvgIpc) is 2.03. The Kier molecular flexibility index (Phi) is 2.42. The molecule has 0 spiro atoms. The molecule has 0 N–H and O–H groups in total. The lowest BCUT2D eigenvalue weighted by molar-refractivity contribution is 0.600. The third-order valence-electron chi connectivity index (χ3n) is 1.43. The van der Waals surface area contributed by atoms with Crippen LogP contribution in [0.15, 0.2) is 17.3 Å². The molecule has 66 valence electrons. The minimum Gasteiger partial charge on any atom is -0.240 e. The molecular weight excluding hydrogens is 176 g/mol. The molecule has 0 aliphatic carbocycles. The first-order valence-corrected chi connectivity index (χ1v) is 5.44. The number of hydrogen-bond donors (Lipinski definition) is 0. The second-order valence-corrected chi connectivity index (χ2v) is 4.48. The van der Waals surface area contributed by atoms with Crippen LogP contribution in [0, 0.1) is 0 Å². The molecule has 0 atom stereocenters. The number of sulfone groups is 1. The van der Waals surface area contributed by atoms with Crippen LogP contribution in [0.3, 0.4) is 0 Å². The van der Waals surface area contributed by atoms with Crippen LogP contribution in [0.5, 0.6) is 0 Å². The van der Waals surface area contributed by atoms with Gasteiger partial charge in [-0.1, -0.05) is 6.92 Å². The lowest BCUT2D eigenvalue weighted by Gasteiger charge is -1.97. The van der Waals surface area contributed by atoms with Crippen molar-refractivity contribution in [3.63, 3.8) is 0 Å². The van der Waals surface area contributed by atoms with Gasteiger partial charge in [0.2, 0.25) is 0 Å². The third kappa shape index (κ3) is 2.01. The predicted octanol–water partition coefficient (Wildman–Crippen LogP) is 0.443. The van der Waals surface area contributed by atoms with Crippen LogP contribution in [-0.4, -0.2) is 24.6 Å². The summed E-state index contributed by atoms with van der Waals surface area (Å²) in [6.45, 7) is 1.91. The lowest BCUT2D eigenvalue weighted by atomic mass is 10.4. The summed E-state index contributed by atoms with van der Waals surface area (Å²) in [6, 6.07) is 0. The Morgan fingerprint density at radius 1 is 1.33 bits per heavy atom. The van der Waals surface area contributed by atoms with Crippen molar-refractivity contribution in [2.45, 2.75) is 18.2 Å². The van der Waals surface area contributed by atoms with Gasteiger partial charge < -0.3 is 0 Å². The van der Waals surface area contributed by atoms with E-state index >= 15 is 0 Å². The monoisotopic (exact) mass is 186 g/mol. The zero-order chi connectivity index (χ0) is 9.19. The maximum Gasteiger partial charge on any atom is 0.178 e. The summed E-state index contributed by atoms with van der Waals surface area (Å²) in [5.74, 6) is 0.655. The van der Waals surface area contributed by atoms with Gasteiger partial charge >= 0.3 is 0 Å². The number of nitrogens with zero attached hydrogens (tertiary/aromatic N) is 2. The van der Waals surface area contributed by atoms with Crippen LogP contribution in [0.2, 0.25) is 0 Å². The molecule has 1 heterocycles. The predicted molar refractivity (Wildman–Crippen MR) is 44.5 cm³/mol. The standard InChI is InChI=1S/C7H10N2O2S/c1-3-7-8-4-6(5-9-7)12(2,10)11/h4-5H,3H2,1-2H3. The summed E-state index contributed by atoms with van der Waals surface area (Å²) < 4.78 is 21.9. The molecule has 0 saturated carbocycles. The van der Waals surface area contributed by atoms with Gasteiger partial charge in [-0.2, -0.15) is 0 Å². The molecule has 0 unspecified atom stereocenters. The second-order valence-electron chi connectivity index (χ2n) is 2.46. The van der Waals surface area contributed by atoms with Crippen LogP contribution in [0.1, 0.15) is 12.7 Å². The zero-order valence-corrected chi connectivity index (χ0v) is 7.80. The zero-order valence-electron chi connectivity index (χ0n) is 6.98. The molecule has 5 heteroatoms. The highest BCUT2D eigenvalue weighted by Crippen LogP contribution is 2.04. The summed E-state index contributed by atoms with van der Waals surface area (Å²) in [4.78, 5) is 7.91. The molecule has 0 bridgehead atoms. The van der Waals surface area contributed by atoms with E-state index in [1.807, 2.05) is 6.92 Å². The van der Waals surface area contributed by atoms with E-state index in [0.29, 0.717) is 12.2 Å². The molecule has 0 radical (unpaired) electrons. The maximum atomic E-state index is 11.0. The fraction of sp³-hybridized carbons (Fsp3) is 0.429. The van der Waals surface area contributed by atoms with Crippen LogP contribution < -0.4 is 0 Å². The van der Waals surface area contributed by atoms with E-state index < -0.39 is 9.84 Å². The van der Waals surface area contributed by atoms with E-state index in [-0.39, 0.29) is 4.90 Å². The SMILES string of the molecule is CCc1ncc(S(C)(=O)=O)cn1. The number of aromatic nitrogens is 2. The highest BCUT2D eigenvalue weighted by atomic mass is 32.2. The van der Waals surface area contributed by atoms with E-state index in [2.05, 4.69) is 9.97 Å². The van der Waals surface area contributed by atoms with Gasteiger partial charge in [-0.05, 0) is 0 Å². The van der Waals surface area contributed by atoms with E-state index in [1.54, 1.807) is 0 Å². The van der Waals surface area contributed by atoms with Crippen molar-refractivity contribution in [1.29, 1.82) is 0 Å². The van der Waals surface area contributed by atoms with E-state index in [0.717, 1.165) is 6.26 Å². The molecule has 0 saturated heterocycles. The normalized spacial score (nSPS) is 11.5. The Morgan fingerprint density at radius 2 is 1.83 bits per heavy atom. The minimum absolute atomic E-state index is 0.166. The fourth-order valence-corrected chi connectivity index (χ4v) is 1.21. The number of rotatable bonds is 2. The second kappa shape index (κ2) is 3.18. The molecule has 1 rings (SSSR count). The van der Waals surface area contributed by atoms with Gasteiger partial charge in [-0.15, -0.1) is 0 Å². The first-order valence-electron chi connectivity index (χ1n) is 3.55. The molecular formula is C7H10N2O2S.